The summed E-state index contributed by atoms with van der Waals surface area (Å²) in [5.41, 5.74) is 1.69. The number of hydrogen-bond donors (Lipinski definition) is 2. The number of carboxylic acids is 1. The second-order valence-corrected chi connectivity index (χ2v) is 6.02. The highest BCUT2D eigenvalue weighted by Crippen LogP contribution is 2.34. The van der Waals surface area contributed by atoms with Crippen LogP contribution in [-0.4, -0.2) is 40.4 Å². The maximum atomic E-state index is 12.3. The number of nitrogens with one attached hydrogen (secondary N) is 1. The molecule has 0 radical (unpaired) electrons. The minimum Gasteiger partial charge on any atom is -0.480 e. The molecule has 0 saturated heterocycles. The van der Waals surface area contributed by atoms with Gasteiger partial charge in [-0.15, -0.1) is 0 Å². The molecule has 2 aliphatic rings. The van der Waals surface area contributed by atoms with Crippen LogP contribution in [0.15, 0.2) is 30.8 Å². The zero-order valence-corrected chi connectivity index (χ0v) is 12.6. The third kappa shape index (κ3) is 3.11. The molecule has 1 unspecified atom stereocenters. The number of rotatable bonds is 6. The predicted molar refractivity (Wildman–Crippen MR) is 83.4 cm³/mol. The Balaban J connectivity index is 1.65. The number of nitrogens with zero attached hydrogens (tertiary/aromatic N) is 1. The first-order valence-electron chi connectivity index (χ1n) is 7.59. The van der Waals surface area contributed by atoms with Crippen molar-refractivity contribution in [3.8, 4) is 0 Å². The van der Waals surface area contributed by atoms with Gasteiger partial charge in [0.1, 0.15) is 12.6 Å². The predicted octanol–water partition coefficient (Wildman–Crippen LogP) is 1.48. The molecule has 1 atom stereocenters. The van der Waals surface area contributed by atoms with Crippen molar-refractivity contribution < 1.29 is 19.5 Å². The van der Waals surface area contributed by atoms with Crippen molar-refractivity contribution in [1.29, 1.82) is 0 Å². The quantitative estimate of drug-likeness (QED) is 0.833. The molecule has 1 saturated carbocycles. The van der Waals surface area contributed by atoms with Gasteiger partial charge >= 0.3 is 5.97 Å². The van der Waals surface area contributed by atoms with E-state index in [0.29, 0.717) is 29.2 Å². The number of hydrogen-bond acceptors (Lipinski definition) is 3. The van der Waals surface area contributed by atoms with Gasteiger partial charge in [-0.1, -0.05) is 37.6 Å². The fourth-order valence-corrected chi connectivity index (χ4v) is 2.79. The van der Waals surface area contributed by atoms with Crippen molar-refractivity contribution in [3.63, 3.8) is 0 Å². The van der Waals surface area contributed by atoms with E-state index in [9.17, 15) is 19.5 Å². The molecule has 1 heterocycles. The number of amides is 2. The SMILES string of the molecule is C=C1c2ccccc2C(=O)N1CC(=O)NC(CC1CC1)C(=O)O. The second-order valence-electron chi connectivity index (χ2n) is 6.02. The summed E-state index contributed by atoms with van der Waals surface area (Å²) in [6, 6.07) is 6.12. The van der Waals surface area contributed by atoms with Crippen molar-refractivity contribution in [2.75, 3.05) is 6.54 Å². The van der Waals surface area contributed by atoms with E-state index >= 15 is 0 Å². The van der Waals surface area contributed by atoms with E-state index in [1.54, 1.807) is 24.3 Å². The van der Waals surface area contributed by atoms with Crippen molar-refractivity contribution >= 4 is 23.5 Å². The van der Waals surface area contributed by atoms with Crippen molar-refractivity contribution in [1.82, 2.24) is 10.2 Å². The van der Waals surface area contributed by atoms with Crippen LogP contribution in [0.25, 0.3) is 5.70 Å². The van der Waals surface area contributed by atoms with E-state index in [0.717, 1.165) is 12.8 Å². The standard InChI is InChI=1S/C17H18N2O4/c1-10-12-4-2-3-5-13(12)16(21)19(10)9-15(20)18-14(17(22)23)8-11-6-7-11/h2-5,11,14H,1,6-9H2,(H,18,20)(H,22,23). The van der Waals surface area contributed by atoms with Crippen LogP contribution in [0.1, 0.15) is 35.2 Å². The molecule has 1 aromatic rings. The maximum Gasteiger partial charge on any atom is 0.326 e. The van der Waals surface area contributed by atoms with Crippen molar-refractivity contribution in [2.24, 2.45) is 5.92 Å². The summed E-state index contributed by atoms with van der Waals surface area (Å²) in [7, 11) is 0. The zero-order valence-electron chi connectivity index (χ0n) is 12.6. The molecule has 0 aromatic heterocycles. The number of carbonyl (C=O) groups is 3. The van der Waals surface area contributed by atoms with Gasteiger partial charge in [-0.3, -0.25) is 14.5 Å². The van der Waals surface area contributed by atoms with E-state index in [-0.39, 0.29) is 12.5 Å². The smallest absolute Gasteiger partial charge is 0.326 e. The lowest BCUT2D eigenvalue weighted by Crippen LogP contribution is -2.45. The van der Waals surface area contributed by atoms with Gasteiger partial charge in [0.25, 0.3) is 5.91 Å². The zero-order chi connectivity index (χ0) is 16.6. The highest BCUT2D eigenvalue weighted by Gasteiger charge is 2.34. The molecule has 3 rings (SSSR count). The molecule has 120 valence electrons. The van der Waals surface area contributed by atoms with Crippen molar-refractivity contribution in [3.05, 3.63) is 42.0 Å². The lowest BCUT2D eigenvalue weighted by atomic mass is 10.1. The van der Waals surface area contributed by atoms with Crippen molar-refractivity contribution in [2.45, 2.75) is 25.3 Å². The largest absolute Gasteiger partial charge is 0.480 e. The number of fused-ring (bicyclic) bond motifs is 1. The van der Waals surface area contributed by atoms with Gasteiger partial charge in [0, 0.05) is 16.8 Å². The lowest BCUT2D eigenvalue weighted by Gasteiger charge is -2.19. The molecule has 1 aliphatic carbocycles. The second kappa shape index (κ2) is 5.87. The third-order valence-corrected chi connectivity index (χ3v) is 4.24. The van der Waals surface area contributed by atoms with Crippen LogP contribution in [0.3, 0.4) is 0 Å². The van der Waals surface area contributed by atoms with Gasteiger partial charge in [-0.05, 0) is 18.4 Å². The molecule has 6 heteroatoms. The van der Waals surface area contributed by atoms with E-state index in [4.69, 9.17) is 0 Å². The number of aliphatic carboxylic acids is 1. The molecule has 1 aromatic carbocycles. The summed E-state index contributed by atoms with van der Waals surface area (Å²) in [5, 5.41) is 11.7. The van der Waals surface area contributed by atoms with Crippen LogP contribution < -0.4 is 5.32 Å². The fraction of sp³-hybridized carbons (Fsp3) is 0.353. The molecule has 1 fully saturated rings. The molecule has 2 N–H and O–H groups in total. The summed E-state index contributed by atoms with van der Waals surface area (Å²) < 4.78 is 0. The Morgan fingerprint density at radius 3 is 2.52 bits per heavy atom. The summed E-state index contributed by atoms with van der Waals surface area (Å²) >= 11 is 0. The van der Waals surface area contributed by atoms with E-state index in [1.807, 2.05) is 0 Å². The minimum absolute atomic E-state index is 0.221. The van der Waals surface area contributed by atoms with Crippen LogP contribution >= 0.6 is 0 Å². The van der Waals surface area contributed by atoms with Gasteiger partial charge in [0.15, 0.2) is 0 Å². The Morgan fingerprint density at radius 1 is 1.30 bits per heavy atom. The highest BCUT2D eigenvalue weighted by atomic mass is 16.4. The summed E-state index contributed by atoms with van der Waals surface area (Å²) in [6.07, 6.45) is 2.46. The van der Waals surface area contributed by atoms with Gasteiger partial charge in [-0.2, -0.15) is 0 Å². The molecular weight excluding hydrogens is 296 g/mol. The monoisotopic (exact) mass is 314 g/mol. The summed E-state index contributed by atoms with van der Waals surface area (Å²) in [4.78, 5) is 37.0. The fourth-order valence-electron chi connectivity index (χ4n) is 2.79. The number of benzene rings is 1. The Labute approximate surface area is 133 Å². The molecular formula is C17H18N2O4. The highest BCUT2D eigenvalue weighted by molar-refractivity contribution is 6.10. The Kier molecular flexibility index (Phi) is 3.90. The van der Waals surface area contributed by atoms with E-state index in [2.05, 4.69) is 11.9 Å². The molecule has 6 nitrogen and oxygen atoms in total. The first-order chi connectivity index (χ1) is 11.0. The Hall–Kier alpha value is -2.63. The van der Waals surface area contributed by atoms with E-state index < -0.39 is 17.9 Å². The lowest BCUT2D eigenvalue weighted by molar-refractivity contribution is -0.142. The van der Waals surface area contributed by atoms with E-state index in [1.165, 1.54) is 4.90 Å². The average molecular weight is 314 g/mol. The Bertz CT molecular complexity index is 659. The van der Waals surface area contributed by atoms with Gasteiger partial charge < -0.3 is 10.4 Å². The maximum absolute atomic E-state index is 12.3. The Morgan fingerprint density at radius 2 is 1.96 bits per heavy atom. The molecule has 0 bridgehead atoms. The average Bonchev–Trinajstić information content (AvgIpc) is 3.31. The van der Waals surface area contributed by atoms with Crippen LogP contribution in [0.2, 0.25) is 0 Å². The van der Waals surface area contributed by atoms with Crippen LogP contribution in [0.5, 0.6) is 0 Å². The van der Waals surface area contributed by atoms with Crippen LogP contribution in [0, 0.1) is 5.92 Å². The topological polar surface area (TPSA) is 86.7 Å². The molecule has 0 spiro atoms. The van der Waals surface area contributed by atoms with Gasteiger partial charge in [-0.25, -0.2) is 4.79 Å². The van der Waals surface area contributed by atoms with Gasteiger partial charge in [0.2, 0.25) is 5.91 Å². The first-order valence-corrected chi connectivity index (χ1v) is 7.59. The minimum atomic E-state index is -1.04. The molecule has 23 heavy (non-hydrogen) atoms. The summed E-state index contributed by atoms with van der Waals surface area (Å²) in [6.45, 7) is 3.64. The van der Waals surface area contributed by atoms with Crippen LogP contribution in [-0.2, 0) is 9.59 Å². The molecule has 1 aliphatic heterocycles. The third-order valence-electron chi connectivity index (χ3n) is 4.24. The number of carbonyl (C=O) groups excluding carboxylic acids is 2. The first kappa shape index (κ1) is 15.3. The van der Waals surface area contributed by atoms with Gasteiger partial charge in [0.05, 0.1) is 0 Å². The van der Waals surface area contributed by atoms with Crippen LogP contribution in [0.4, 0.5) is 0 Å². The molecule has 2 amide bonds. The number of carboxylic acid groups (broad SMARTS) is 1. The normalized spacial score (nSPS) is 17.8. The summed E-state index contributed by atoms with van der Waals surface area (Å²) in [5.74, 6) is -1.43.